The molecule has 4 aromatic rings. The predicted molar refractivity (Wildman–Crippen MR) is 159 cm³/mol. The number of nitro benzene ring substituents is 1. The molecule has 0 bridgehead atoms. The Balaban J connectivity index is 1.43. The molecule has 3 heterocycles. The summed E-state index contributed by atoms with van der Waals surface area (Å²) < 4.78 is 37.4. The lowest BCUT2D eigenvalue weighted by Gasteiger charge is -2.36. The van der Waals surface area contributed by atoms with Gasteiger partial charge in [-0.2, -0.15) is 5.10 Å². The smallest absolute Gasteiger partial charge is 0.269 e. The number of non-ortho nitro benzene ring substituents is 1. The summed E-state index contributed by atoms with van der Waals surface area (Å²) in [7, 11) is -2.25. The van der Waals surface area contributed by atoms with Crippen LogP contribution in [0.1, 0.15) is 11.3 Å². The van der Waals surface area contributed by atoms with Gasteiger partial charge in [0, 0.05) is 35.3 Å². The Kier molecular flexibility index (Phi) is 9.10. The lowest BCUT2D eigenvalue weighted by molar-refractivity contribution is -0.384. The number of aliphatic hydroxyl groups excluding tert-OH is 1. The first-order valence-electron chi connectivity index (χ1n) is 13.1. The first kappa shape index (κ1) is 30.2. The second-order valence-electron chi connectivity index (χ2n) is 9.64. The van der Waals surface area contributed by atoms with Crippen LogP contribution in [0.25, 0.3) is 0 Å². The number of nitrogens with one attached hydrogen (secondary N) is 2. The van der Waals surface area contributed by atoms with Gasteiger partial charge in [-0.05, 0) is 48.5 Å². The van der Waals surface area contributed by atoms with E-state index in [0.717, 1.165) is 5.69 Å². The fourth-order valence-electron chi connectivity index (χ4n) is 4.50. The molecule has 14 nitrogen and oxygen atoms in total. The number of hydrogen-bond acceptors (Lipinski definition) is 13. The number of anilines is 3. The van der Waals surface area contributed by atoms with Crippen LogP contribution >= 0.6 is 11.8 Å². The molecule has 0 radical (unpaired) electrons. The minimum Gasteiger partial charge on any atom is -0.490 e. The number of nitro groups is 1. The highest BCUT2D eigenvalue weighted by atomic mass is 32.2. The van der Waals surface area contributed by atoms with E-state index in [4.69, 9.17) is 14.5 Å². The molecule has 0 unspecified atom stereocenters. The summed E-state index contributed by atoms with van der Waals surface area (Å²) in [5.41, 5.74) is 1.000. The van der Waals surface area contributed by atoms with Crippen molar-refractivity contribution in [3.63, 3.8) is 0 Å². The lowest BCUT2D eigenvalue weighted by atomic mass is 10.2. The average molecular weight is 628 g/mol. The Morgan fingerprint density at radius 1 is 1.23 bits per heavy atom. The number of aromatic amines is 1. The van der Waals surface area contributed by atoms with Crippen LogP contribution in [0.4, 0.5) is 23.1 Å². The van der Waals surface area contributed by atoms with Crippen LogP contribution in [-0.2, 0) is 20.3 Å². The predicted octanol–water partition coefficient (Wildman–Crippen LogP) is 3.49. The molecular weight excluding hydrogens is 598 g/mol. The first-order chi connectivity index (χ1) is 20.7. The van der Waals surface area contributed by atoms with Gasteiger partial charge in [-0.25, -0.2) is 18.4 Å². The number of benzene rings is 2. The molecule has 1 aliphatic rings. The molecule has 226 valence electrons. The molecule has 0 spiro atoms. The lowest BCUT2D eigenvalue weighted by Crippen LogP contribution is -2.48. The van der Waals surface area contributed by atoms with Crippen molar-refractivity contribution >= 4 is 44.7 Å². The summed E-state index contributed by atoms with van der Waals surface area (Å²) in [6.07, 6.45) is 0. The van der Waals surface area contributed by atoms with Crippen molar-refractivity contribution < 1.29 is 27.9 Å². The Morgan fingerprint density at radius 2 is 2.02 bits per heavy atom. The molecule has 1 fully saturated rings. The second-order valence-corrected chi connectivity index (χ2v) is 12.7. The van der Waals surface area contributed by atoms with Crippen LogP contribution < -0.4 is 15.0 Å². The summed E-state index contributed by atoms with van der Waals surface area (Å²) in [5, 5.41) is 31.7. The van der Waals surface area contributed by atoms with Gasteiger partial charge in [-0.1, -0.05) is 12.1 Å². The Labute approximate surface area is 251 Å². The zero-order valence-electron chi connectivity index (χ0n) is 23.3. The fraction of sp³-hybridized carbons (Fsp3) is 0.296. The molecule has 5 rings (SSSR count). The zero-order valence-corrected chi connectivity index (χ0v) is 24.9. The van der Waals surface area contributed by atoms with E-state index in [0.29, 0.717) is 58.6 Å². The highest BCUT2D eigenvalue weighted by Crippen LogP contribution is 2.39. The maximum Gasteiger partial charge on any atom is 0.269 e. The maximum atomic E-state index is 13.1. The summed E-state index contributed by atoms with van der Waals surface area (Å²) >= 11 is 1.22. The average Bonchev–Trinajstić information content (AvgIpc) is 3.41. The summed E-state index contributed by atoms with van der Waals surface area (Å²) in [5.74, 6) is 1.34. The van der Waals surface area contributed by atoms with E-state index in [2.05, 4.69) is 20.5 Å². The van der Waals surface area contributed by atoms with E-state index >= 15 is 0 Å². The van der Waals surface area contributed by atoms with Crippen LogP contribution in [0, 0.1) is 17.0 Å². The molecule has 0 aliphatic carbocycles. The zero-order chi connectivity index (χ0) is 30.6. The number of ether oxygens (including phenoxy) is 2. The maximum absolute atomic E-state index is 13.1. The Morgan fingerprint density at radius 3 is 2.70 bits per heavy atom. The van der Waals surface area contributed by atoms with E-state index in [9.17, 15) is 23.6 Å². The van der Waals surface area contributed by atoms with Gasteiger partial charge in [0.1, 0.15) is 0 Å². The number of methoxy groups -OCH3 is 1. The number of aliphatic hydroxyl groups is 1. The molecule has 0 amide bonds. The topological polar surface area (TPSA) is 186 Å². The third-order valence-electron chi connectivity index (χ3n) is 6.56. The standard InChI is InChI=1S/C27H29N7O7S2/c1-17-12-23(32-31-17)28-25-24(40-2)26(33-10-11-41-15-20(33)14-35)30-27(29-25)42-21-6-8-22(9-7-21)43(38,39)16-18-4-3-5-19(13-18)34(36)37/h3-9,12-13,20,35H,10-11,14-16H2,1-2H3,(H2,28,29,30,31,32)/t20-/m0/s1. The van der Waals surface area contributed by atoms with Gasteiger partial charge in [0.05, 0.1) is 48.5 Å². The number of aryl methyl sites for hydroxylation is 1. The van der Waals surface area contributed by atoms with Gasteiger partial charge >= 0.3 is 0 Å². The molecule has 1 aliphatic heterocycles. The SMILES string of the molecule is COc1c(Nc2cc(C)[nH]n2)nc(Sc2ccc(S(=O)(=O)Cc3cccc([N+](=O)[O-])c3)cc2)nc1N1CCOC[C@@H]1CO. The van der Waals surface area contributed by atoms with E-state index in [1.165, 1.54) is 49.2 Å². The molecule has 1 saturated heterocycles. The van der Waals surface area contributed by atoms with Crippen LogP contribution in [0.3, 0.4) is 0 Å². The van der Waals surface area contributed by atoms with Gasteiger partial charge in [0.25, 0.3) is 5.69 Å². The van der Waals surface area contributed by atoms with E-state index < -0.39 is 14.8 Å². The van der Waals surface area contributed by atoms with Gasteiger partial charge in [-0.3, -0.25) is 15.2 Å². The number of rotatable bonds is 11. The molecule has 2 aromatic heterocycles. The van der Waals surface area contributed by atoms with E-state index in [1.807, 2.05) is 17.9 Å². The van der Waals surface area contributed by atoms with Crippen molar-refractivity contribution in [3.8, 4) is 5.75 Å². The van der Waals surface area contributed by atoms with Crippen molar-refractivity contribution in [1.82, 2.24) is 20.2 Å². The van der Waals surface area contributed by atoms with Crippen molar-refractivity contribution in [2.75, 3.05) is 43.7 Å². The third-order valence-corrected chi connectivity index (χ3v) is 9.14. The third kappa shape index (κ3) is 7.05. The number of H-pyrrole nitrogens is 1. The molecular formula is C27H29N7O7S2. The monoisotopic (exact) mass is 627 g/mol. The van der Waals surface area contributed by atoms with Crippen molar-refractivity contribution in [2.24, 2.45) is 0 Å². The van der Waals surface area contributed by atoms with E-state index in [-0.39, 0.29) is 29.0 Å². The summed E-state index contributed by atoms with van der Waals surface area (Å²) in [4.78, 5) is 22.6. The minimum absolute atomic E-state index is 0.0788. The van der Waals surface area contributed by atoms with Gasteiger partial charge in [0.2, 0.25) is 5.75 Å². The molecule has 2 aromatic carbocycles. The summed E-state index contributed by atoms with van der Waals surface area (Å²) in [6, 6.07) is 13.3. The number of aromatic nitrogens is 4. The van der Waals surface area contributed by atoms with Crippen molar-refractivity contribution in [2.45, 2.75) is 33.7 Å². The van der Waals surface area contributed by atoms with Crippen molar-refractivity contribution in [3.05, 3.63) is 76.0 Å². The fourth-order valence-corrected chi connectivity index (χ4v) is 6.59. The largest absolute Gasteiger partial charge is 0.490 e. The molecule has 16 heteroatoms. The van der Waals surface area contributed by atoms with E-state index in [1.54, 1.807) is 18.2 Å². The number of hydrogen-bond donors (Lipinski definition) is 3. The van der Waals surface area contributed by atoms with Gasteiger partial charge < -0.3 is 24.8 Å². The quantitative estimate of drug-likeness (QED) is 0.125. The molecule has 43 heavy (non-hydrogen) atoms. The van der Waals surface area contributed by atoms with Gasteiger partial charge in [0.15, 0.2) is 32.4 Å². The first-order valence-corrected chi connectivity index (χ1v) is 15.6. The van der Waals surface area contributed by atoms with Gasteiger partial charge in [-0.15, -0.1) is 0 Å². The molecule has 0 saturated carbocycles. The molecule has 3 N–H and O–H groups in total. The minimum atomic E-state index is -3.77. The second kappa shape index (κ2) is 12.9. The Hall–Kier alpha value is -4.25. The van der Waals surface area contributed by atoms with Crippen LogP contribution in [0.5, 0.6) is 5.75 Å². The number of morpholine rings is 1. The van der Waals surface area contributed by atoms with Crippen LogP contribution in [0.2, 0.25) is 0 Å². The van der Waals surface area contributed by atoms with Crippen LogP contribution in [-0.4, -0.2) is 78.1 Å². The molecule has 1 atom stereocenters. The highest BCUT2D eigenvalue weighted by Gasteiger charge is 2.29. The van der Waals surface area contributed by atoms with Crippen molar-refractivity contribution in [1.29, 1.82) is 0 Å². The normalized spacial score (nSPS) is 15.3. The highest BCUT2D eigenvalue weighted by molar-refractivity contribution is 7.99. The number of nitrogens with zero attached hydrogens (tertiary/aromatic N) is 5. The van der Waals surface area contributed by atoms with Crippen LogP contribution in [0.15, 0.2) is 69.5 Å². The summed E-state index contributed by atoms with van der Waals surface area (Å²) in [6.45, 7) is 2.96. The Bertz CT molecular complexity index is 1720. The number of sulfone groups is 1.